The van der Waals surface area contributed by atoms with Gasteiger partial charge in [-0.25, -0.2) is 0 Å². The van der Waals surface area contributed by atoms with Gasteiger partial charge in [0.2, 0.25) is 5.91 Å². The molecule has 5 nitrogen and oxygen atoms in total. The Kier molecular flexibility index (Phi) is 6.28. The zero-order chi connectivity index (χ0) is 18.2. The molecule has 136 valence electrons. The smallest absolute Gasteiger partial charge is 0.244 e. The summed E-state index contributed by atoms with van der Waals surface area (Å²) in [6.07, 6.45) is 3.33. The minimum Gasteiger partial charge on any atom is -0.497 e. The van der Waals surface area contributed by atoms with Crippen LogP contribution in [-0.2, 0) is 16.1 Å². The topological polar surface area (TPSA) is 50.8 Å². The second-order valence-corrected chi connectivity index (χ2v) is 6.09. The fourth-order valence-electron chi connectivity index (χ4n) is 2.78. The molecule has 3 rings (SSSR count). The van der Waals surface area contributed by atoms with E-state index in [1.54, 1.807) is 19.3 Å². The highest BCUT2D eigenvalue weighted by Crippen LogP contribution is 2.16. The van der Waals surface area contributed by atoms with Gasteiger partial charge < -0.3 is 19.7 Å². The van der Waals surface area contributed by atoms with Crippen LogP contribution in [0.25, 0.3) is 6.08 Å². The third kappa shape index (κ3) is 5.10. The van der Waals surface area contributed by atoms with Crippen molar-refractivity contribution in [3.8, 4) is 5.75 Å². The van der Waals surface area contributed by atoms with Gasteiger partial charge in [-0.2, -0.15) is 0 Å². The van der Waals surface area contributed by atoms with E-state index in [-0.39, 0.29) is 5.91 Å². The Morgan fingerprint density at radius 3 is 2.46 bits per heavy atom. The molecule has 0 atom stereocenters. The van der Waals surface area contributed by atoms with E-state index in [2.05, 4.69) is 34.5 Å². The molecule has 1 N–H and O–H groups in total. The van der Waals surface area contributed by atoms with Crippen LogP contribution in [0.3, 0.4) is 0 Å². The Morgan fingerprint density at radius 2 is 1.81 bits per heavy atom. The summed E-state index contributed by atoms with van der Waals surface area (Å²) in [5.74, 6) is 0.685. The molecular weight excluding hydrogens is 328 g/mol. The summed E-state index contributed by atoms with van der Waals surface area (Å²) in [5, 5.41) is 2.91. The number of morpholine rings is 1. The number of hydrogen-bond donors (Lipinski definition) is 1. The Labute approximate surface area is 154 Å². The van der Waals surface area contributed by atoms with Gasteiger partial charge in [0.15, 0.2) is 0 Å². The Hall–Kier alpha value is -2.79. The van der Waals surface area contributed by atoms with Gasteiger partial charge in [-0.05, 0) is 41.5 Å². The summed E-state index contributed by atoms with van der Waals surface area (Å²) in [6.45, 7) is 3.91. The molecule has 0 bridgehead atoms. The molecule has 1 heterocycles. The number of methoxy groups -OCH3 is 1. The predicted octanol–water partition coefficient (Wildman–Crippen LogP) is 2.86. The highest BCUT2D eigenvalue weighted by atomic mass is 16.5. The number of amides is 1. The van der Waals surface area contributed by atoms with Crippen molar-refractivity contribution in [2.24, 2.45) is 0 Å². The summed E-state index contributed by atoms with van der Waals surface area (Å²) in [4.78, 5) is 14.3. The fourth-order valence-corrected chi connectivity index (χ4v) is 2.78. The molecule has 2 aromatic rings. The largest absolute Gasteiger partial charge is 0.497 e. The number of hydrogen-bond acceptors (Lipinski definition) is 4. The standard InChI is InChI=1S/C21H24N2O3/c1-25-20-9-4-17(5-10-20)6-11-21(24)22-16-18-2-7-19(8-3-18)23-12-14-26-15-13-23/h2-11H,12-16H2,1H3,(H,22,24)/b11-6+. The normalized spacial score (nSPS) is 14.4. The quantitative estimate of drug-likeness (QED) is 0.812. The summed E-state index contributed by atoms with van der Waals surface area (Å²) in [5.41, 5.74) is 3.23. The van der Waals surface area contributed by atoms with Crippen LogP contribution in [-0.4, -0.2) is 39.3 Å². The van der Waals surface area contributed by atoms with Gasteiger partial charge in [0, 0.05) is 31.4 Å². The summed E-state index contributed by atoms with van der Waals surface area (Å²) < 4.78 is 10.5. The zero-order valence-corrected chi connectivity index (χ0v) is 15.0. The van der Waals surface area contributed by atoms with Crippen LogP contribution in [0.15, 0.2) is 54.6 Å². The van der Waals surface area contributed by atoms with Crippen molar-refractivity contribution in [3.63, 3.8) is 0 Å². The second-order valence-electron chi connectivity index (χ2n) is 6.09. The van der Waals surface area contributed by atoms with Crippen LogP contribution < -0.4 is 15.0 Å². The van der Waals surface area contributed by atoms with Crippen molar-refractivity contribution >= 4 is 17.7 Å². The zero-order valence-electron chi connectivity index (χ0n) is 15.0. The number of nitrogens with zero attached hydrogens (tertiary/aromatic N) is 1. The van der Waals surface area contributed by atoms with Gasteiger partial charge >= 0.3 is 0 Å². The van der Waals surface area contributed by atoms with Crippen LogP contribution in [0.4, 0.5) is 5.69 Å². The Balaban J connectivity index is 1.48. The molecule has 26 heavy (non-hydrogen) atoms. The van der Waals surface area contributed by atoms with Crippen molar-refractivity contribution in [3.05, 3.63) is 65.7 Å². The van der Waals surface area contributed by atoms with Gasteiger partial charge in [-0.15, -0.1) is 0 Å². The predicted molar refractivity (Wildman–Crippen MR) is 103 cm³/mol. The minimum absolute atomic E-state index is 0.113. The van der Waals surface area contributed by atoms with E-state index in [1.807, 2.05) is 24.3 Å². The number of carbonyl (C=O) groups is 1. The molecule has 1 amide bonds. The van der Waals surface area contributed by atoms with Gasteiger partial charge in [0.05, 0.1) is 20.3 Å². The molecule has 0 aromatic heterocycles. The Morgan fingerprint density at radius 1 is 1.12 bits per heavy atom. The molecule has 1 aliphatic rings. The number of nitrogens with one attached hydrogen (secondary N) is 1. The lowest BCUT2D eigenvalue weighted by atomic mass is 10.2. The first kappa shape index (κ1) is 18.0. The van der Waals surface area contributed by atoms with Crippen LogP contribution >= 0.6 is 0 Å². The minimum atomic E-state index is -0.113. The number of anilines is 1. The first-order valence-corrected chi connectivity index (χ1v) is 8.76. The number of ether oxygens (including phenoxy) is 2. The lowest BCUT2D eigenvalue weighted by molar-refractivity contribution is -0.116. The van der Waals surface area contributed by atoms with E-state index < -0.39 is 0 Å². The van der Waals surface area contributed by atoms with Crippen LogP contribution in [0.1, 0.15) is 11.1 Å². The van der Waals surface area contributed by atoms with Gasteiger partial charge in [-0.3, -0.25) is 4.79 Å². The van der Waals surface area contributed by atoms with Crippen molar-refractivity contribution in [2.45, 2.75) is 6.54 Å². The van der Waals surface area contributed by atoms with Crippen LogP contribution in [0.5, 0.6) is 5.75 Å². The Bertz CT molecular complexity index is 733. The molecule has 1 aliphatic heterocycles. The molecule has 0 radical (unpaired) electrons. The third-order valence-electron chi connectivity index (χ3n) is 4.32. The van der Waals surface area contributed by atoms with E-state index in [4.69, 9.17) is 9.47 Å². The number of rotatable bonds is 6. The summed E-state index contributed by atoms with van der Waals surface area (Å²) >= 11 is 0. The number of benzene rings is 2. The van der Waals surface area contributed by atoms with Crippen molar-refractivity contribution in [2.75, 3.05) is 38.3 Å². The monoisotopic (exact) mass is 352 g/mol. The lowest BCUT2D eigenvalue weighted by Gasteiger charge is -2.28. The molecule has 0 unspecified atom stereocenters. The van der Waals surface area contributed by atoms with Gasteiger partial charge in [0.25, 0.3) is 0 Å². The third-order valence-corrected chi connectivity index (χ3v) is 4.32. The first-order chi connectivity index (χ1) is 12.7. The molecule has 0 spiro atoms. The van der Waals surface area contributed by atoms with Crippen molar-refractivity contribution in [1.82, 2.24) is 5.32 Å². The molecule has 1 saturated heterocycles. The first-order valence-electron chi connectivity index (χ1n) is 8.76. The number of carbonyl (C=O) groups excluding carboxylic acids is 1. The maximum Gasteiger partial charge on any atom is 0.244 e. The fraction of sp³-hybridized carbons (Fsp3) is 0.286. The average Bonchev–Trinajstić information content (AvgIpc) is 2.72. The SMILES string of the molecule is COc1ccc(/C=C/C(=O)NCc2ccc(N3CCOCC3)cc2)cc1. The van der Waals surface area contributed by atoms with Gasteiger partial charge in [-0.1, -0.05) is 24.3 Å². The van der Waals surface area contributed by atoms with Crippen LogP contribution in [0, 0.1) is 0 Å². The van der Waals surface area contributed by atoms with Crippen LogP contribution in [0.2, 0.25) is 0 Å². The molecule has 1 fully saturated rings. The maximum atomic E-state index is 12.0. The molecule has 5 heteroatoms. The molecule has 2 aromatic carbocycles. The summed E-state index contributed by atoms with van der Waals surface area (Å²) in [7, 11) is 1.63. The van der Waals surface area contributed by atoms with E-state index >= 15 is 0 Å². The van der Waals surface area contributed by atoms with Gasteiger partial charge in [0.1, 0.15) is 5.75 Å². The van der Waals surface area contributed by atoms with Crippen molar-refractivity contribution in [1.29, 1.82) is 0 Å². The van der Waals surface area contributed by atoms with Crippen molar-refractivity contribution < 1.29 is 14.3 Å². The average molecular weight is 352 g/mol. The van der Waals surface area contributed by atoms with E-state index in [0.717, 1.165) is 43.2 Å². The second kappa shape index (κ2) is 9.06. The lowest BCUT2D eigenvalue weighted by Crippen LogP contribution is -2.36. The van der Waals surface area contributed by atoms with E-state index in [1.165, 1.54) is 5.69 Å². The maximum absolute atomic E-state index is 12.0. The molecule has 0 saturated carbocycles. The molecule has 0 aliphatic carbocycles. The van der Waals surface area contributed by atoms with E-state index in [9.17, 15) is 4.79 Å². The van der Waals surface area contributed by atoms with E-state index in [0.29, 0.717) is 6.54 Å². The highest BCUT2D eigenvalue weighted by molar-refractivity contribution is 5.91. The highest BCUT2D eigenvalue weighted by Gasteiger charge is 2.10. The summed E-state index contributed by atoms with van der Waals surface area (Å²) in [6, 6.07) is 15.9. The molecular formula is C21H24N2O3.